The van der Waals surface area contributed by atoms with Crippen molar-refractivity contribution in [3.63, 3.8) is 0 Å². The molecule has 2 aromatic carbocycles. The summed E-state index contributed by atoms with van der Waals surface area (Å²) in [6.07, 6.45) is 2.67. The summed E-state index contributed by atoms with van der Waals surface area (Å²) < 4.78 is 41.0. The van der Waals surface area contributed by atoms with Gasteiger partial charge in [0.15, 0.2) is 0 Å². The molecule has 1 heterocycles. The fourth-order valence-corrected chi connectivity index (χ4v) is 4.86. The maximum Gasteiger partial charge on any atom is 0.255 e. The number of sulfonamides is 1. The predicted octanol–water partition coefficient (Wildman–Crippen LogP) is 3.64. The molecule has 1 saturated heterocycles. The number of hydrogen-bond donors (Lipinski definition) is 1. The highest BCUT2D eigenvalue weighted by Crippen LogP contribution is 2.25. The van der Waals surface area contributed by atoms with Gasteiger partial charge in [0.05, 0.1) is 10.6 Å². The van der Waals surface area contributed by atoms with E-state index < -0.39 is 21.7 Å². The average molecular weight is 376 g/mol. The number of carbonyl (C=O) groups excluding carboxylic acids is 1. The Kier molecular flexibility index (Phi) is 5.38. The molecule has 1 aliphatic rings. The minimum Gasteiger partial charge on any atom is -0.319 e. The van der Waals surface area contributed by atoms with Crippen LogP contribution in [-0.4, -0.2) is 31.2 Å². The van der Waals surface area contributed by atoms with E-state index in [1.165, 1.54) is 46.8 Å². The molecule has 1 unspecified atom stereocenters. The monoisotopic (exact) mass is 376 g/mol. The molecule has 138 valence electrons. The Bertz CT molecular complexity index is 915. The van der Waals surface area contributed by atoms with Gasteiger partial charge in [0.1, 0.15) is 5.82 Å². The first-order valence-electron chi connectivity index (χ1n) is 8.57. The van der Waals surface area contributed by atoms with Crippen molar-refractivity contribution in [2.75, 3.05) is 11.9 Å². The van der Waals surface area contributed by atoms with Gasteiger partial charge in [-0.2, -0.15) is 4.31 Å². The van der Waals surface area contributed by atoms with E-state index in [9.17, 15) is 17.6 Å². The summed E-state index contributed by atoms with van der Waals surface area (Å²) in [5.41, 5.74) is 0.217. The van der Waals surface area contributed by atoms with Crippen LogP contribution < -0.4 is 5.32 Å². The van der Waals surface area contributed by atoms with Crippen molar-refractivity contribution in [3.05, 3.63) is 59.9 Å². The van der Waals surface area contributed by atoms with Gasteiger partial charge in [0.25, 0.3) is 5.91 Å². The average Bonchev–Trinajstić information content (AvgIpc) is 2.64. The number of nitrogens with one attached hydrogen (secondary N) is 1. The van der Waals surface area contributed by atoms with Gasteiger partial charge in [-0.3, -0.25) is 4.79 Å². The Morgan fingerprint density at radius 2 is 1.92 bits per heavy atom. The molecule has 5 nitrogen and oxygen atoms in total. The summed E-state index contributed by atoms with van der Waals surface area (Å²) in [4.78, 5) is 12.5. The highest BCUT2D eigenvalue weighted by atomic mass is 32.2. The van der Waals surface area contributed by atoms with Crippen LogP contribution in [0.2, 0.25) is 0 Å². The largest absolute Gasteiger partial charge is 0.319 e. The Morgan fingerprint density at radius 1 is 1.15 bits per heavy atom. The fourth-order valence-electron chi connectivity index (χ4n) is 3.12. The van der Waals surface area contributed by atoms with Crippen molar-refractivity contribution in [1.82, 2.24) is 4.31 Å². The first kappa shape index (κ1) is 18.5. The molecular formula is C19H21FN2O3S. The van der Waals surface area contributed by atoms with Gasteiger partial charge < -0.3 is 5.32 Å². The number of halogens is 1. The molecule has 2 aromatic rings. The van der Waals surface area contributed by atoms with Gasteiger partial charge in [-0.05, 0) is 50.1 Å². The van der Waals surface area contributed by atoms with E-state index in [1.54, 1.807) is 6.07 Å². The van der Waals surface area contributed by atoms with Crippen LogP contribution in [0.15, 0.2) is 53.4 Å². The second kappa shape index (κ2) is 7.55. The first-order valence-corrected chi connectivity index (χ1v) is 10.0. The van der Waals surface area contributed by atoms with Gasteiger partial charge in [0, 0.05) is 18.2 Å². The molecular weight excluding hydrogens is 355 g/mol. The summed E-state index contributed by atoms with van der Waals surface area (Å²) in [7, 11) is -3.67. The molecule has 0 spiro atoms. The standard InChI is InChI=1S/C19H21FN2O3S/c1-14-7-4-5-12-22(14)26(24,25)16-9-6-8-15(13-16)19(23)21-18-11-3-2-10-17(18)20/h2-3,6,8-11,13-14H,4-5,7,12H2,1H3,(H,21,23). The summed E-state index contributed by atoms with van der Waals surface area (Å²) >= 11 is 0. The van der Waals surface area contributed by atoms with Crippen LogP contribution in [0.25, 0.3) is 0 Å². The van der Waals surface area contributed by atoms with Gasteiger partial charge in [-0.1, -0.05) is 24.6 Å². The zero-order valence-corrected chi connectivity index (χ0v) is 15.3. The number of para-hydroxylation sites is 1. The van der Waals surface area contributed by atoms with Crippen molar-refractivity contribution in [3.8, 4) is 0 Å². The van der Waals surface area contributed by atoms with Gasteiger partial charge in [0.2, 0.25) is 10.0 Å². The first-order chi connectivity index (χ1) is 12.4. The van der Waals surface area contributed by atoms with Gasteiger partial charge in [-0.15, -0.1) is 0 Å². The fraction of sp³-hybridized carbons (Fsp3) is 0.316. The van der Waals surface area contributed by atoms with E-state index in [0.29, 0.717) is 6.54 Å². The number of rotatable bonds is 4. The Balaban J connectivity index is 1.86. The number of benzene rings is 2. The van der Waals surface area contributed by atoms with Crippen molar-refractivity contribution in [1.29, 1.82) is 0 Å². The van der Waals surface area contributed by atoms with Crippen LogP contribution >= 0.6 is 0 Å². The van der Waals surface area contributed by atoms with E-state index in [1.807, 2.05) is 6.92 Å². The Hall–Kier alpha value is -2.25. The normalized spacial score (nSPS) is 18.5. The number of nitrogens with zero attached hydrogens (tertiary/aromatic N) is 1. The molecule has 3 rings (SSSR count). The second-order valence-corrected chi connectivity index (χ2v) is 8.31. The molecule has 1 aliphatic heterocycles. The molecule has 1 N–H and O–H groups in total. The number of anilines is 1. The topological polar surface area (TPSA) is 66.5 Å². The van der Waals surface area contributed by atoms with E-state index in [0.717, 1.165) is 19.3 Å². The Morgan fingerprint density at radius 3 is 2.65 bits per heavy atom. The molecule has 1 atom stereocenters. The second-order valence-electron chi connectivity index (χ2n) is 6.42. The molecule has 1 fully saturated rings. The van der Waals surface area contributed by atoms with Crippen LogP contribution in [0.5, 0.6) is 0 Å². The third kappa shape index (κ3) is 3.78. The van der Waals surface area contributed by atoms with E-state index in [4.69, 9.17) is 0 Å². The van der Waals surface area contributed by atoms with Gasteiger partial charge >= 0.3 is 0 Å². The molecule has 7 heteroatoms. The zero-order valence-electron chi connectivity index (χ0n) is 14.5. The summed E-state index contributed by atoms with van der Waals surface area (Å²) in [5.74, 6) is -1.11. The third-order valence-electron chi connectivity index (χ3n) is 4.57. The van der Waals surface area contributed by atoms with Crippen molar-refractivity contribution in [2.24, 2.45) is 0 Å². The lowest BCUT2D eigenvalue weighted by atomic mass is 10.1. The number of carbonyl (C=O) groups is 1. The Labute approximate surface area is 152 Å². The highest BCUT2D eigenvalue weighted by Gasteiger charge is 2.31. The molecule has 0 aromatic heterocycles. The molecule has 0 radical (unpaired) electrons. The summed E-state index contributed by atoms with van der Waals surface area (Å²) in [6, 6.07) is 11.6. The predicted molar refractivity (Wildman–Crippen MR) is 98.0 cm³/mol. The lowest BCUT2D eigenvalue weighted by molar-refractivity contribution is 0.102. The lowest BCUT2D eigenvalue weighted by Gasteiger charge is -2.32. The van der Waals surface area contributed by atoms with Crippen LogP contribution in [-0.2, 0) is 10.0 Å². The summed E-state index contributed by atoms with van der Waals surface area (Å²) in [5, 5.41) is 2.47. The van der Waals surface area contributed by atoms with Crippen LogP contribution in [0, 0.1) is 5.82 Å². The maximum atomic E-state index is 13.7. The maximum absolute atomic E-state index is 13.7. The van der Waals surface area contributed by atoms with Crippen LogP contribution in [0.3, 0.4) is 0 Å². The quantitative estimate of drug-likeness (QED) is 0.886. The van der Waals surface area contributed by atoms with Crippen molar-refractivity contribution in [2.45, 2.75) is 37.1 Å². The van der Waals surface area contributed by atoms with Crippen LogP contribution in [0.4, 0.5) is 10.1 Å². The van der Waals surface area contributed by atoms with E-state index in [-0.39, 0.29) is 22.2 Å². The zero-order chi connectivity index (χ0) is 18.7. The van der Waals surface area contributed by atoms with Crippen molar-refractivity contribution < 1.29 is 17.6 Å². The number of hydrogen-bond acceptors (Lipinski definition) is 3. The third-order valence-corrected chi connectivity index (χ3v) is 6.58. The molecule has 1 amide bonds. The minimum atomic E-state index is -3.67. The minimum absolute atomic E-state index is 0.0513. The van der Waals surface area contributed by atoms with E-state index >= 15 is 0 Å². The SMILES string of the molecule is CC1CCCCN1S(=O)(=O)c1cccc(C(=O)Nc2ccccc2F)c1. The molecule has 0 saturated carbocycles. The molecule has 0 aliphatic carbocycles. The number of amides is 1. The molecule has 0 bridgehead atoms. The van der Waals surface area contributed by atoms with Crippen molar-refractivity contribution >= 4 is 21.6 Å². The smallest absolute Gasteiger partial charge is 0.255 e. The summed E-state index contributed by atoms with van der Waals surface area (Å²) in [6.45, 7) is 2.38. The highest BCUT2D eigenvalue weighted by molar-refractivity contribution is 7.89. The van der Waals surface area contributed by atoms with E-state index in [2.05, 4.69) is 5.32 Å². The van der Waals surface area contributed by atoms with Gasteiger partial charge in [-0.25, -0.2) is 12.8 Å². The molecule has 26 heavy (non-hydrogen) atoms. The lowest BCUT2D eigenvalue weighted by Crippen LogP contribution is -2.41. The van der Waals surface area contributed by atoms with Crippen LogP contribution in [0.1, 0.15) is 36.5 Å². The number of piperidine rings is 1.